The van der Waals surface area contributed by atoms with Gasteiger partial charge in [0.2, 0.25) is 0 Å². The Balaban J connectivity index is 1.99. The van der Waals surface area contributed by atoms with Crippen LogP contribution in [0.2, 0.25) is 0 Å². The molecule has 0 aliphatic carbocycles. The largest absolute Gasteiger partial charge is 0.383 e. The normalized spacial score (nSPS) is 11.0. The number of rotatable bonds is 7. The fraction of sp³-hybridized carbons (Fsp3) is 0.500. The van der Waals surface area contributed by atoms with Crippen LogP contribution in [-0.2, 0) is 17.8 Å². The van der Waals surface area contributed by atoms with Gasteiger partial charge in [-0.25, -0.2) is 4.68 Å². The van der Waals surface area contributed by atoms with Crippen molar-refractivity contribution >= 4 is 0 Å². The van der Waals surface area contributed by atoms with Crippen LogP contribution in [-0.4, -0.2) is 35.3 Å². The van der Waals surface area contributed by atoms with E-state index in [2.05, 4.69) is 48.5 Å². The highest BCUT2D eigenvalue weighted by Crippen LogP contribution is 2.17. The Labute approximate surface area is 126 Å². The van der Waals surface area contributed by atoms with Gasteiger partial charge in [0, 0.05) is 20.2 Å². The smallest absolute Gasteiger partial charge is 0.0964 e. The third kappa shape index (κ3) is 4.37. The summed E-state index contributed by atoms with van der Waals surface area (Å²) < 4.78 is 6.90. The van der Waals surface area contributed by atoms with Gasteiger partial charge in [-0.1, -0.05) is 22.9 Å². The Hall–Kier alpha value is -1.72. The molecule has 1 N–H and O–H groups in total. The monoisotopic (exact) mass is 288 g/mol. The van der Waals surface area contributed by atoms with Crippen LogP contribution < -0.4 is 5.32 Å². The van der Waals surface area contributed by atoms with Crippen LogP contribution in [0.3, 0.4) is 0 Å². The molecule has 5 heteroatoms. The number of aryl methyl sites for hydroxylation is 3. The average Bonchev–Trinajstić information content (AvgIpc) is 2.87. The topological polar surface area (TPSA) is 52.0 Å². The lowest BCUT2D eigenvalue weighted by atomic mass is 10.00. The molecule has 2 aromatic rings. The molecule has 0 aliphatic heterocycles. The Morgan fingerprint density at radius 3 is 2.57 bits per heavy atom. The minimum Gasteiger partial charge on any atom is -0.383 e. The van der Waals surface area contributed by atoms with Crippen LogP contribution in [0, 0.1) is 20.8 Å². The molecular formula is C16H24N4O. The van der Waals surface area contributed by atoms with Crippen LogP contribution in [0.4, 0.5) is 0 Å². The fourth-order valence-corrected chi connectivity index (χ4v) is 2.51. The van der Waals surface area contributed by atoms with E-state index in [9.17, 15) is 0 Å². The summed E-state index contributed by atoms with van der Waals surface area (Å²) >= 11 is 0. The van der Waals surface area contributed by atoms with Gasteiger partial charge in [-0.05, 0) is 37.5 Å². The second-order valence-corrected chi connectivity index (χ2v) is 5.45. The summed E-state index contributed by atoms with van der Waals surface area (Å²) in [5.41, 5.74) is 6.19. The zero-order valence-corrected chi connectivity index (χ0v) is 13.3. The highest BCUT2D eigenvalue weighted by atomic mass is 16.5. The summed E-state index contributed by atoms with van der Waals surface area (Å²) in [5, 5.41) is 11.7. The summed E-state index contributed by atoms with van der Waals surface area (Å²) in [5.74, 6) is 0. The Bertz CT molecular complexity index is 569. The number of ether oxygens (including phenoxy) is 1. The molecule has 0 saturated carbocycles. The molecule has 0 amide bonds. The number of hydrogen-bond acceptors (Lipinski definition) is 4. The lowest BCUT2D eigenvalue weighted by molar-refractivity contribution is 0.199. The number of nitrogens with one attached hydrogen (secondary N) is 1. The van der Waals surface area contributed by atoms with Crippen molar-refractivity contribution < 1.29 is 4.74 Å². The zero-order chi connectivity index (χ0) is 15.2. The van der Waals surface area contributed by atoms with Gasteiger partial charge in [0.05, 0.1) is 25.0 Å². The molecule has 114 valence electrons. The number of aromatic nitrogens is 3. The van der Waals surface area contributed by atoms with Crippen molar-refractivity contribution in [2.75, 3.05) is 20.3 Å². The predicted octanol–water partition coefficient (Wildman–Crippen LogP) is 1.99. The van der Waals surface area contributed by atoms with E-state index in [0.29, 0.717) is 6.61 Å². The number of methoxy groups -OCH3 is 1. The van der Waals surface area contributed by atoms with Crippen LogP contribution in [0.25, 0.3) is 0 Å². The molecule has 2 rings (SSSR count). The van der Waals surface area contributed by atoms with Crippen molar-refractivity contribution in [3.05, 3.63) is 46.3 Å². The van der Waals surface area contributed by atoms with E-state index in [-0.39, 0.29) is 0 Å². The zero-order valence-electron chi connectivity index (χ0n) is 13.3. The molecule has 0 saturated heterocycles. The van der Waals surface area contributed by atoms with Crippen molar-refractivity contribution in [1.29, 1.82) is 0 Å². The Kier molecular flexibility index (Phi) is 5.47. The fourth-order valence-electron chi connectivity index (χ4n) is 2.51. The van der Waals surface area contributed by atoms with Crippen LogP contribution in [0.15, 0.2) is 18.3 Å². The maximum atomic E-state index is 5.00. The lowest BCUT2D eigenvalue weighted by Crippen LogP contribution is -2.18. The molecule has 21 heavy (non-hydrogen) atoms. The molecule has 0 atom stereocenters. The first kappa shape index (κ1) is 15.7. The van der Waals surface area contributed by atoms with E-state index < -0.39 is 0 Å². The molecule has 1 heterocycles. The van der Waals surface area contributed by atoms with Gasteiger partial charge < -0.3 is 10.1 Å². The van der Waals surface area contributed by atoms with E-state index in [4.69, 9.17) is 4.74 Å². The molecule has 0 spiro atoms. The van der Waals surface area contributed by atoms with E-state index in [1.807, 2.05) is 10.9 Å². The van der Waals surface area contributed by atoms with Crippen LogP contribution >= 0.6 is 0 Å². The molecule has 5 nitrogen and oxygen atoms in total. The summed E-state index contributed by atoms with van der Waals surface area (Å²) in [6.07, 6.45) is 2.00. The maximum Gasteiger partial charge on any atom is 0.0964 e. The molecule has 0 radical (unpaired) electrons. The molecule has 1 aromatic carbocycles. The first-order valence-corrected chi connectivity index (χ1v) is 7.25. The van der Waals surface area contributed by atoms with Gasteiger partial charge in [-0.15, -0.1) is 5.10 Å². The van der Waals surface area contributed by atoms with Crippen molar-refractivity contribution in [3.63, 3.8) is 0 Å². The maximum absolute atomic E-state index is 5.00. The standard InChI is InChI=1S/C16H24N4O/c1-12-7-13(2)16(14(3)8-12)11-20-10-15(18-19-20)9-17-5-6-21-4/h7-8,10,17H,5-6,9,11H2,1-4H3. The van der Waals surface area contributed by atoms with E-state index in [0.717, 1.165) is 25.3 Å². The second-order valence-electron chi connectivity index (χ2n) is 5.45. The molecule has 0 fully saturated rings. The molecule has 0 bridgehead atoms. The highest BCUT2D eigenvalue weighted by Gasteiger charge is 2.07. The minimum atomic E-state index is 0.704. The quantitative estimate of drug-likeness (QED) is 0.792. The van der Waals surface area contributed by atoms with Crippen molar-refractivity contribution in [1.82, 2.24) is 20.3 Å². The Morgan fingerprint density at radius 2 is 1.90 bits per heavy atom. The summed E-state index contributed by atoms with van der Waals surface area (Å²) in [7, 11) is 1.70. The van der Waals surface area contributed by atoms with Crippen molar-refractivity contribution in [3.8, 4) is 0 Å². The summed E-state index contributed by atoms with van der Waals surface area (Å²) in [6.45, 7) is 9.44. The molecular weight excluding hydrogens is 264 g/mol. The second kappa shape index (κ2) is 7.33. The van der Waals surface area contributed by atoms with Crippen LogP contribution in [0.1, 0.15) is 27.9 Å². The van der Waals surface area contributed by atoms with E-state index in [1.165, 1.54) is 22.3 Å². The third-order valence-electron chi connectivity index (χ3n) is 3.54. The van der Waals surface area contributed by atoms with Crippen molar-refractivity contribution in [2.45, 2.75) is 33.9 Å². The van der Waals surface area contributed by atoms with Gasteiger partial charge in [-0.3, -0.25) is 0 Å². The van der Waals surface area contributed by atoms with Gasteiger partial charge in [-0.2, -0.15) is 0 Å². The highest BCUT2D eigenvalue weighted by molar-refractivity contribution is 5.37. The molecule has 1 aromatic heterocycles. The lowest BCUT2D eigenvalue weighted by Gasteiger charge is -2.10. The van der Waals surface area contributed by atoms with Gasteiger partial charge in [0.1, 0.15) is 0 Å². The number of benzene rings is 1. The minimum absolute atomic E-state index is 0.704. The molecule has 0 aliphatic rings. The number of nitrogens with zero attached hydrogens (tertiary/aromatic N) is 3. The first-order chi connectivity index (χ1) is 10.1. The number of hydrogen-bond donors (Lipinski definition) is 1. The van der Waals surface area contributed by atoms with E-state index >= 15 is 0 Å². The molecule has 0 unspecified atom stereocenters. The Morgan fingerprint density at radius 1 is 1.19 bits per heavy atom. The summed E-state index contributed by atoms with van der Waals surface area (Å²) in [6, 6.07) is 4.43. The van der Waals surface area contributed by atoms with Gasteiger partial charge in [0.15, 0.2) is 0 Å². The SMILES string of the molecule is COCCNCc1cn(Cc2c(C)cc(C)cc2C)nn1. The van der Waals surface area contributed by atoms with Crippen LogP contribution in [0.5, 0.6) is 0 Å². The first-order valence-electron chi connectivity index (χ1n) is 7.25. The van der Waals surface area contributed by atoms with Gasteiger partial charge in [0.25, 0.3) is 0 Å². The third-order valence-corrected chi connectivity index (χ3v) is 3.54. The van der Waals surface area contributed by atoms with Crippen molar-refractivity contribution in [2.24, 2.45) is 0 Å². The van der Waals surface area contributed by atoms with E-state index in [1.54, 1.807) is 7.11 Å². The van der Waals surface area contributed by atoms with Gasteiger partial charge >= 0.3 is 0 Å². The predicted molar refractivity (Wildman–Crippen MR) is 83.4 cm³/mol. The summed E-state index contributed by atoms with van der Waals surface area (Å²) in [4.78, 5) is 0. The average molecular weight is 288 g/mol.